The van der Waals surface area contributed by atoms with Gasteiger partial charge in [0, 0.05) is 147 Å². The monoisotopic (exact) mass is 1490 g/mol. The van der Waals surface area contributed by atoms with Gasteiger partial charge < -0.3 is 4.90 Å². The Labute approximate surface area is 658 Å². The van der Waals surface area contributed by atoms with E-state index in [0.29, 0.717) is 41.9 Å². The quantitative estimate of drug-likeness (QED) is 0.111. The topological polar surface area (TPSA) is 25.9 Å². The zero-order valence-electron chi connectivity index (χ0n) is 74.7. The highest BCUT2D eigenvalue weighted by molar-refractivity contribution is 6.51. The van der Waals surface area contributed by atoms with Crippen LogP contribution < -0.4 is 0 Å². The fraction of sp³-hybridized carbons (Fsp3) is 0.957. The maximum absolute atomic E-state index is 6.26. The minimum Gasteiger partial charge on any atom is -0.372 e. The minimum absolute atomic E-state index is 0.416. The molecular weight excluding hydrogens is 1310 g/mol. The third-order valence-corrected chi connectivity index (χ3v) is 31.3. The number of hydrogen-bond acceptors (Lipinski definition) is 8. The number of hydrogen-bond donors (Lipinski definition) is 0. The van der Waals surface area contributed by atoms with Crippen molar-refractivity contribution >= 4 is 23.2 Å². The first-order valence-corrected chi connectivity index (χ1v) is 46.0. The molecule has 9 aliphatic heterocycles. The SMILES string of the molecule is C=C1C[C@@H](C(C)C)N(C(C)C)C1.CC(C)C1CC2(CC2)CN1C(C)C.CC(C)[C@@H]1C2CCC(CC2)N1C(C)C.CC(C)[C@@H]1C2[C@H](CN1C(C)C)C2(Cl)Cl.CC(C)[C@@H]1C2[C@H](CN1C(C)C)C21CC1.CC(C)[C@@H]1CC=CN1C(C)C.CC(C)[C@@H]1[C@H]2CC[C@H](C2)N1C(C)C.CC(C)[C@H]1N(C(C)C)CCC12CC2. The van der Waals surface area contributed by atoms with Crippen molar-refractivity contribution in [3.63, 3.8) is 0 Å². The molecule has 8 saturated heterocycles. The van der Waals surface area contributed by atoms with E-state index in [-0.39, 0.29) is 0 Å². The van der Waals surface area contributed by atoms with E-state index < -0.39 is 4.33 Å². The standard InChI is InChI=1S/C13H23N.C13H25N.3C12H23N.C11H19Cl2N.C11H21N.C10H19N/c1-8(2)12-11-10(13(11)5-6-13)7-14(12)9(3)4;1-9(2)13-11-5-7-12(8-6-11)14(13)10(3)4;1-9(2)11-7-12(5-6-12)8-13(11)10(3)4;1-9(2)11-12(5-6-12)7-8-13(11)10(3)4;1-8(2)12-10-5-6-11(7-10)13(12)9(3)4;1-6(2)10-9-8(11(9,12)13)5-14(10)7(3)4;1-8(2)11-6-10(5)7-12(11)9(3)4;1-8(2)10-6-5-7-11(10)9(3)4/h8-12H,5-7H2,1-4H3;9-13H,5-8H2,1-4H3;2*9-11H,5-8H2,1-4H3;8-12H,5-7H2,1-4H3;6-10H,5H2,1-4H3;8-9,11H,5-7H2,1-4H3;5,7-10H,6H2,1-4H3/t10-,11?,12+;11?,12?,13-;;11-;10-,11+,12+;8-,9?,10+;11-;10-/m01.10000/s1. The Kier molecular flexibility index (Phi) is 31.2. The number of likely N-dealkylation sites (tertiary alicyclic amines) is 6. The molecule has 0 aromatic carbocycles. The van der Waals surface area contributed by atoms with Gasteiger partial charge in [0.05, 0.1) is 0 Å². The Bertz CT molecular complexity index is 2490. The molecule has 3 unspecified atom stereocenters. The van der Waals surface area contributed by atoms with Crippen molar-refractivity contribution in [2.45, 2.75) is 444 Å². The predicted octanol–water partition coefficient (Wildman–Crippen LogP) is 23.2. The second-order valence-electron chi connectivity index (χ2n) is 43.0. The molecule has 0 amide bonds. The maximum Gasteiger partial charge on any atom is 0.127 e. The summed E-state index contributed by atoms with van der Waals surface area (Å²) in [6, 6.07) is 14.0. The summed E-state index contributed by atoms with van der Waals surface area (Å²) in [7, 11) is 0. The van der Waals surface area contributed by atoms with Crippen LogP contribution in [0, 0.1) is 99.1 Å². The van der Waals surface area contributed by atoms with Crippen LogP contribution in [0.4, 0.5) is 0 Å². The van der Waals surface area contributed by atoms with Crippen molar-refractivity contribution in [2.75, 3.05) is 32.7 Å². The highest BCUT2D eigenvalue weighted by Gasteiger charge is 2.77. The Morgan fingerprint density at radius 3 is 1.23 bits per heavy atom. The molecule has 0 radical (unpaired) electrons. The lowest BCUT2D eigenvalue weighted by molar-refractivity contribution is -0.0536. The van der Waals surface area contributed by atoms with Crippen LogP contribution in [0.25, 0.3) is 0 Å². The minimum atomic E-state index is -0.416. The summed E-state index contributed by atoms with van der Waals surface area (Å²) >= 11 is 12.5. The Morgan fingerprint density at radius 2 is 0.856 bits per heavy atom. The fourth-order valence-corrected chi connectivity index (χ4v) is 25.7. The second kappa shape index (κ2) is 36.4. The molecular formula is C94H176Cl2N8. The number of alkyl halides is 2. The van der Waals surface area contributed by atoms with Gasteiger partial charge in [-0.3, -0.25) is 34.3 Å². The summed E-state index contributed by atoms with van der Waals surface area (Å²) in [6.07, 6.45) is 29.4. The Hall–Kier alpha value is -0.420. The molecule has 10 heteroatoms. The van der Waals surface area contributed by atoms with Crippen LogP contribution >= 0.6 is 23.2 Å². The van der Waals surface area contributed by atoms with Gasteiger partial charge in [-0.15, -0.1) is 23.2 Å². The lowest BCUT2D eigenvalue weighted by Gasteiger charge is -2.55. The molecule has 14 atom stereocenters. The van der Waals surface area contributed by atoms with E-state index >= 15 is 0 Å². The first-order valence-electron chi connectivity index (χ1n) is 45.2. The number of fused-ring (bicyclic) bond motifs is 9. The van der Waals surface area contributed by atoms with Crippen LogP contribution in [0.1, 0.15) is 331 Å². The smallest absolute Gasteiger partial charge is 0.127 e. The molecule has 15 fully saturated rings. The Morgan fingerprint density at radius 1 is 0.404 bits per heavy atom. The van der Waals surface area contributed by atoms with Crippen LogP contribution in [0.2, 0.25) is 0 Å². The van der Waals surface area contributed by atoms with Crippen LogP contribution in [0.5, 0.6) is 0 Å². The van der Waals surface area contributed by atoms with Crippen molar-refractivity contribution in [1.82, 2.24) is 39.2 Å². The molecule has 3 spiro atoms. The van der Waals surface area contributed by atoms with Crippen LogP contribution in [0.3, 0.4) is 0 Å². The number of rotatable bonds is 16. The average molecular weight is 1490 g/mol. The largest absolute Gasteiger partial charge is 0.372 e. The molecule has 16 rings (SSSR count). The molecule has 7 saturated carbocycles. The number of halogens is 2. The van der Waals surface area contributed by atoms with E-state index in [4.69, 9.17) is 23.2 Å². The van der Waals surface area contributed by atoms with E-state index in [9.17, 15) is 0 Å². The Balaban J connectivity index is 0.000000151. The van der Waals surface area contributed by atoms with Gasteiger partial charge in [-0.2, -0.15) is 0 Å². The molecule has 0 N–H and O–H groups in total. The molecule has 104 heavy (non-hydrogen) atoms. The van der Waals surface area contributed by atoms with Crippen molar-refractivity contribution in [3.05, 3.63) is 24.4 Å². The van der Waals surface area contributed by atoms with Crippen LogP contribution in [-0.4, -0.2) is 185 Å². The molecule has 16 aliphatic rings. The van der Waals surface area contributed by atoms with E-state index in [2.05, 4.69) is 280 Å². The molecule has 0 aromatic heterocycles. The van der Waals surface area contributed by atoms with E-state index in [1.807, 2.05) is 0 Å². The summed E-state index contributed by atoms with van der Waals surface area (Å²) in [5.41, 5.74) is 3.83. The highest BCUT2D eigenvalue weighted by atomic mass is 35.5. The van der Waals surface area contributed by atoms with E-state index in [1.54, 1.807) is 12.8 Å². The van der Waals surface area contributed by atoms with E-state index in [0.717, 1.165) is 179 Å². The lowest BCUT2D eigenvalue weighted by Crippen LogP contribution is -2.59. The molecule has 0 aromatic rings. The summed E-state index contributed by atoms with van der Waals surface area (Å²) < 4.78 is -0.416. The molecule has 7 aliphatic carbocycles. The van der Waals surface area contributed by atoms with Gasteiger partial charge in [0.1, 0.15) is 4.33 Å². The van der Waals surface area contributed by atoms with Crippen molar-refractivity contribution in [3.8, 4) is 0 Å². The average Bonchev–Trinajstić information content (AvgIpc) is 1.35. The van der Waals surface area contributed by atoms with Gasteiger partial charge in [0.25, 0.3) is 0 Å². The predicted molar refractivity (Wildman–Crippen MR) is 456 cm³/mol. The van der Waals surface area contributed by atoms with Crippen molar-refractivity contribution in [1.29, 1.82) is 0 Å². The van der Waals surface area contributed by atoms with Gasteiger partial charge in [-0.05, 0) is 320 Å². The van der Waals surface area contributed by atoms with Gasteiger partial charge >= 0.3 is 0 Å². The van der Waals surface area contributed by atoms with Gasteiger partial charge in [0.15, 0.2) is 0 Å². The zero-order chi connectivity index (χ0) is 77.6. The number of piperidine rings is 5. The first kappa shape index (κ1) is 89.1. The lowest BCUT2D eigenvalue weighted by atomic mass is 9.70. The third kappa shape index (κ3) is 20.2. The highest BCUT2D eigenvalue weighted by Crippen LogP contribution is 2.79. The van der Waals surface area contributed by atoms with Gasteiger partial charge in [-0.25, -0.2) is 0 Å². The third-order valence-electron chi connectivity index (χ3n) is 30.3. The summed E-state index contributed by atoms with van der Waals surface area (Å²) in [5, 5.41) is 0. The maximum atomic E-state index is 6.26. The molecule has 8 nitrogen and oxygen atoms in total. The summed E-state index contributed by atoms with van der Waals surface area (Å²) in [6.45, 7) is 85.2. The zero-order valence-corrected chi connectivity index (χ0v) is 76.2. The summed E-state index contributed by atoms with van der Waals surface area (Å²) in [5.74, 6) is 11.6. The molecule has 606 valence electrons. The van der Waals surface area contributed by atoms with Crippen LogP contribution in [0.15, 0.2) is 24.4 Å². The summed E-state index contributed by atoms with van der Waals surface area (Å²) in [4.78, 5) is 21.4. The molecule has 4 bridgehead atoms. The van der Waals surface area contributed by atoms with Gasteiger partial charge in [0.2, 0.25) is 0 Å². The number of nitrogens with zero attached hydrogens (tertiary/aromatic N) is 8. The van der Waals surface area contributed by atoms with Crippen molar-refractivity contribution in [2.24, 2.45) is 99.1 Å². The normalized spacial score (nSPS) is 35.2. The van der Waals surface area contributed by atoms with E-state index in [1.165, 1.54) is 122 Å². The fourth-order valence-electron chi connectivity index (χ4n) is 24.8. The van der Waals surface area contributed by atoms with Crippen LogP contribution in [-0.2, 0) is 0 Å². The second-order valence-corrected chi connectivity index (χ2v) is 44.4. The first-order chi connectivity index (χ1) is 48.4. The van der Waals surface area contributed by atoms with Crippen molar-refractivity contribution < 1.29 is 0 Å². The molecule has 9 heterocycles. The van der Waals surface area contributed by atoms with Gasteiger partial charge in [-0.1, -0.05) is 129 Å².